The van der Waals surface area contributed by atoms with Crippen LogP contribution in [-0.2, 0) is 5.41 Å². The van der Waals surface area contributed by atoms with Crippen LogP contribution in [-0.4, -0.2) is 4.98 Å². The fourth-order valence-electron chi connectivity index (χ4n) is 1.61. The monoisotopic (exact) mass is 208 g/mol. The van der Waals surface area contributed by atoms with Crippen molar-refractivity contribution in [3.05, 3.63) is 29.0 Å². The van der Waals surface area contributed by atoms with Gasteiger partial charge in [-0.2, -0.15) is 5.26 Å². The van der Waals surface area contributed by atoms with E-state index in [9.17, 15) is 5.26 Å². The second kappa shape index (κ2) is 4.43. The number of nitriles is 1. The Morgan fingerprint density at radius 1 is 1.50 bits per heavy atom. The van der Waals surface area contributed by atoms with Crippen LogP contribution in [0.3, 0.4) is 0 Å². The maximum Gasteiger partial charge on any atom is 0.0832 e. The molecule has 0 spiro atoms. The molecule has 0 saturated carbocycles. The lowest BCUT2D eigenvalue weighted by Gasteiger charge is -2.24. The van der Waals surface area contributed by atoms with Crippen molar-refractivity contribution in [1.29, 1.82) is 5.26 Å². The number of hydrogen-bond acceptors (Lipinski definition) is 2. The minimum atomic E-state index is -0.458. The summed E-state index contributed by atoms with van der Waals surface area (Å²) in [6.07, 6.45) is 4.81. The Hall–Kier alpha value is -1.07. The Labute approximate surface area is 89.5 Å². The van der Waals surface area contributed by atoms with Gasteiger partial charge >= 0.3 is 0 Å². The van der Waals surface area contributed by atoms with Gasteiger partial charge in [-0.25, -0.2) is 0 Å². The zero-order valence-electron chi connectivity index (χ0n) is 8.42. The molecule has 0 aromatic carbocycles. The van der Waals surface area contributed by atoms with Crippen LogP contribution in [0, 0.1) is 11.3 Å². The molecule has 0 amide bonds. The van der Waals surface area contributed by atoms with Crippen LogP contribution in [0.25, 0.3) is 0 Å². The van der Waals surface area contributed by atoms with E-state index >= 15 is 0 Å². The third kappa shape index (κ3) is 1.73. The molecular formula is C11H13ClN2. The van der Waals surface area contributed by atoms with E-state index in [0.717, 1.165) is 18.4 Å². The summed E-state index contributed by atoms with van der Waals surface area (Å²) >= 11 is 6.03. The van der Waals surface area contributed by atoms with Gasteiger partial charge in [0.15, 0.2) is 0 Å². The Morgan fingerprint density at radius 2 is 2.14 bits per heavy atom. The van der Waals surface area contributed by atoms with E-state index < -0.39 is 5.41 Å². The van der Waals surface area contributed by atoms with E-state index in [1.165, 1.54) is 0 Å². The van der Waals surface area contributed by atoms with Crippen LogP contribution < -0.4 is 0 Å². The standard InChI is InChI=1S/C11H13ClN2/c1-3-11(4-2,8-13)9-5-6-14-7-10(9)12/h5-7H,3-4H2,1-2H3. The average molecular weight is 209 g/mol. The van der Waals surface area contributed by atoms with Crippen LogP contribution in [0.4, 0.5) is 0 Å². The van der Waals surface area contributed by atoms with Gasteiger partial charge in [0, 0.05) is 12.4 Å². The molecule has 0 fully saturated rings. The quantitative estimate of drug-likeness (QED) is 0.764. The van der Waals surface area contributed by atoms with Crippen molar-refractivity contribution in [1.82, 2.24) is 4.98 Å². The number of halogens is 1. The van der Waals surface area contributed by atoms with Crippen LogP contribution in [0.1, 0.15) is 32.3 Å². The van der Waals surface area contributed by atoms with Gasteiger partial charge < -0.3 is 0 Å². The molecule has 1 heterocycles. The number of nitrogens with zero attached hydrogens (tertiary/aromatic N) is 2. The van der Waals surface area contributed by atoms with E-state index in [-0.39, 0.29) is 0 Å². The molecule has 0 aliphatic carbocycles. The number of pyridine rings is 1. The van der Waals surface area contributed by atoms with Gasteiger partial charge in [-0.05, 0) is 24.5 Å². The molecule has 1 aromatic rings. The van der Waals surface area contributed by atoms with Crippen LogP contribution in [0.15, 0.2) is 18.5 Å². The third-order valence-electron chi connectivity index (χ3n) is 2.71. The second-order valence-corrected chi connectivity index (χ2v) is 3.66. The highest BCUT2D eigenvalue weighted by Crippen LogP contribution is 2.34. The molecule has 3 heteroatoms. The van der Waals surface area contributed by atoms with Crippen molar-refractivity contribution < 1.29 is 0 Å². The van der Waals surface area contributed by atoms with E-state index in [4.69, 9.17) is 11.6 Å². The summed E-state index contributed by atoms with van der Waals surface area (Å²) in [7, 11) is 0. The first-order valence-electron chi connectivity index (χ1n) is 4.71. The lowest BCUT2D eigenvalue weighted by atomic mass is 9.78. The average Bonchev–Trinajstić information content (AvgIpc) is 2.24. The van der Waals surface area contributed by atoms with Crippen molar-refractivity contribution in [2.75, 3.05) is 0 Å². The third-order valence-corrected chi connectivity index (χ3v) is 3.01. The molecule has 74 valence electrons. The number of aromatic nitrogens is 1. The molecule has 1 rings (SSSR count). The highest BCUT2D eigenvalue weighted by molar-refractivity contribution is 6.31. The predicted octanol–water partition coefficient (Wildman–Crippen LogP) is 3.32. The van der Waals surface area contributed by atoms with Crippen molar-refractivity contribution in [2.45, 2.75) is 32.1 Å². The summed E-state index contributed by atoms with van der Waals surface area (Å²) in [5.41, 5.74) is 0.432. The molecule has 0 unspecified atom stereocenters. The molecule has 0 aliphatic rings. The number of hydrogen-bond donors (Lipinski definition) is 0. The molecule has 1 aromatic heterocycles. The highest BCUT2D eigenvalue weighted by Gasteiger charge is 2.30. The highest BCUT2D eigenvalue weighted by atomic mass is 35.5. The largest absolute Gasteiger partial charge is 0.263 e. The lowest BCUT2D eigenvalue weighted by molar-refractivity contribution is 0.510. The molecular weight excluding hydrogens is 196 g/mol. The van der Waals surface area contributed by atoms with Crippen molar-refractivity contribution in [3.63, 3.8) is 0 Å². The van der Waals surface area contributed by atoms with Gasteiger partial charge in [0.05, 0.1) is 16.5 Å². The summed E-state index contributed by atoms with van der Waals surface area (Å²) in [5, 5.41) is 9.81. The van der Waals surface area contributed by atoms with Crippen LogP contribution in [0.5, 0.6) is 0 Å². The van der Waals surface area contributed by atoms with Gasteiger partial charge in [-0.3, -0.25) is 4.98 Å². The summed E-state index contributed by atoms with van der Waals surface area (Å²) in [6, 6.07) is 4.19. The first kappa shape index (κ1) is 11.0. The summed E-state index contributed by atoms with van der Waals surface area (Å²) in [6.45, 7) is 4.01. The van der Waals surface area contributed by atoms with Crippen molar-refractivity contribution >= 4 is 11.6 Å². The Kier molecular flexibility index (Phi) is 3.49. The Bertz CT molecular complexity index is 351. The zero-order valence-corrected chi connectivity index (χ0v) is 9.17. The minimum Gasteiger partial charge on any atom is -0.263 e. The van der Waals surface area contributed by atoms with Gasteiger partial charge in [0.1, 0.15) is 0 Å². The zero-order chi connectivity index (χ0) is 10.6. The molecule has 14 heavy (non-hydrogen) atoms. The van der Waals surface area contributed by atoms with Crippen LogP contribution in [0.2, 0.25) is 5.02 Å². The predicted molar refractivity (Wildman–Crippen MR) is 57.1 cm³/mol. The van der Waals surface area contributed by atoms with E-state index in [0.29, 0.717) is 5.02 Å². The van der Waals surface area contributed by atoms with Crippen LogP contribution >= 0.6 is 11.6 Å². The Balaban J connectivity index is 3.26. The van der Waals surface area contributed by atoms with Gasteiger partial charge in [0.2, 0.25) is 0 Å². The van der Waals surface area contributed by atoms with E-state index in [1.807, 2.05) is 19.9 Å². The molecule has 0 saturated heterocycles. The Morgan fingerprint density at radius 3 is 2.57 bits per heavy atom. The summed E-state index contributed by atoms with van der Waals surface area (Å²) < 4.78 is 0. The van der Waals surface area contributed by atoms with Crippen molar-refractivity contribution in [2.24, 2.45) is 0 Å². The summed E-state index contributed by atoms with van der Waals surface area (Å²) in [5.74, 6) is 0. The maximum absolute atomic E-state index is 9.23. The molecule has 0 N–H and O–H groups in total. The molecule has 2 nitrogen and oxygen atoms in total. The minimum absolute atomic E-state index is 0.458. The van der Waals surface area contributed by atoms with Gasteiger partial charge in [0.25, 0.3) is 0 Å². The molecule has 0 aliphatic heterocycles. The van der Waals surface area contributed by atoms with Crippen molar-refractivity contribution in [3.8, 4) is 6.07 Å². The fourth-order valence-corrected chi connectivity index (χ4v) is 1.91. The first-order valence-corrected chi connectivity index (χ1v) is 5.09. The van der Waals surface area contributed by atoms with Gasteiger partial charge in [-0.15, -0.1) is 0 Å². The topological polar surface area (TPSA) is 36.7 Å². The summed E-state index contributed by atoms with van der Waals surface area (Å²) in [4.78, 5) is 3.92. The second-order valence-electron chi connectivity index (χ2n) is 3.26. The molecule has 0 atom stereocenters. The fraction of sp³-hybridized carbons (Fsp3) is 0.455. The molecule has 0 radical (unpaired) electrons. The molecule has 0 bridgehead atoms. The SMILES string of the molecule is CCC(C#N)(CC)c1ccncc1Cl. The number of rotatable bonds is 3. The smallest absolute Gasteiger partial charge is 0.0832 e. The normalized spacial score (nSPS) is 11.0. The van der Waals surface area contributed by atoms with E-state index in [2.05, 4.69) is 11.1 Å². The first-order chi connectivity index (χ1) is 6.70. The van der Waals surface area contributed by atoms with E-state index in [1.54, 1.807) is 12.4 Å². The lowest BCUT2D eigenvalue weighted by Crippen LogP contribution is -2.22. The maximum atomic E-state index is 9.23. The van der Waals surface area contributed by atoms with Gasteiger partial charge in [-0.1, -0.05) is 25.4 Å².